The van der Waals surface area contributed by atoms with Crippen LogP contribution in [0.4, 0.5) is 22.7 Å². The molecule has 6 aromatic carbocycles. The Hall–Kier alpha value is -8.37. The van der Waals surface area contributed by atoms with E-state index in [1.807, 2.05) is 31.3 Å². The Balaban J connectivity index is -0.000000775. The van der Waals surface area contributed by atoms with E-state index in [0.717, 1.165) is 18.5 Å². The van der Waals surface area contributed by atoms with E-state index in [4.69, 9.17) is 14.7 Å². The number of aryl methyl sites for hydroxylation is 1. The number of anilines is 4. The standard InChI is InChI=1S/C36H29N3O7.C14H19N3.8CH4/c1-22(40)23-6-3-7-24(16-23)34(42)38-29-9-5-11-33(21-29)46-31-14-12-27(13-15-31)37-35(43)25-17-26(19-30(41)18-25)36(44)39-28-8-4-10-32(20-28)45-2;1-12-6-8-14(9-7-12)17-16-10-4-3-5-13(2)11-15;;;;;;;;/h3-21,41H,1-2H3,(H,37,43)(H,38,42)(H,39,44);4,6-10,13,16-17H,3,5H2,1-2H3;8*1H4. The molecule has 0 aliphatic carbocycles. The van der Waals surface area contributed by atoms with E-state index in [9.17, 15) is 24.3 Å². The van der Waals surface area contributed by atoms with E-state index in [-0.39, 0.29) is 93.9 Å². The second-order valence-electron chi connectivity index (χ2n) is 14.3. The lowest BCUT2D eigenvalue weighted by molar-refractivity contribution is 0.100. The summed E-state index contributed by atoms with van der Waals surface area (Å²) in [6, 6.07) is 41.0. The van der Waals surface area contributed by atoms with Crippen LogP contribution < -0.4 is 36.3 Å². The molecule has 71 heavy (non-hydrogen) atoms. The number of phenols is 1. The molecule has 0 radical (unpaired) electrons. The Bertz CT molecular complexity index is 2610. The van der Waals surface area contributed by atoms with Gasteiger partial charge in [-0.1, -0.05) is 107 Å². The van der Waals surface area contributed by atoms with Gasteiger partial charge in [-0.2, -0.15) is 5.26 Å². The number of nitrogens with one attached hydrogen (secondary N) is 5. The lowest BCUT2D eigenvalue weighted by Gasteiger charge is -2.11. The lowest BCUT2D eigenvalue weighted by Crippen LogP contribution is -2.15. The van der Waals surface area contributed by atoms with Crippen molar-refractivity contribution in [3.05, 3.63) is 180 Å². The summed E-state index contributed by atoms with van der Waals surface area (Å²) in [5.74, 6) is -0.137. The summed E-state index contributed by atoms with van der Waals surface area (Å²) >= 11 is 0. The number of Topliss-reactive ketones (excluding diaryl/α,β-unsaturated/α-hetero) is 1. The van der Waals surface area contributed by atoms with Crippen molar-refractivity contribution in [2.24, 2.45) is 5.92 Å². The monoisotopic (exact) mass is 973 g/mol. The van der Waals surface area contributed by atoms with Gasteiger partial charge in [0.15, 0.2) is 5.78 Å². The Morgan fingerprint density at radius 3 is 1.62 bits per heavy atom. The number of carbonyl (C=O) groups excluding carboxylic acids is 4. The zero-order chi connectivity index (χ0) is 45.1. The number of rotatable bonds is 16. The van der Waals surface area contributed by atoms with Crippen LogP contribution in [0.3, 0.4) is 0 Å². The van der Waals surface area contributed by atoms with Crippen LogP contribution in [0.15, 0.2) is 152 Å². The third kappa shape index (κ3) is 22.5. The fourth-order valence-electron chi connectivity index (χ4n) is 5.76. The molecule has 0 aliphatic rings. The molecule has 3 amide bonds. The van der Waals surface area contributed by atoms with Crippen LogP contribution in [-0.4, -0.2) is 35.7 Å². The Kier molecular flexibility index (Phi) is 34.0. The SMILES string of the molecule is C.C.C.C.C.C.C.C.COc1cccc(NC(=O)c2cc(O)cc(C(=O)Nc3ccc(Oc4cccc(NC(=O)c5cccc(C(C)=O)c5)c4)cc3)c2)c1.Cc1ccc(NNC=CCCC(C)C#N)cc1. The number of nitrogens with zero attached hydrogens (tertiary/aromatic N) is 1. The molecule has 1 unspecified atom stereocenters. The first-order valence-corrected chi connectivity index (χ1v) is 19.9. The molecule has 1 atom stereocenters. The van der Waals surface area contributed by atoms with E-state index in [0.29, 0.717) is 45.4 Å². The van der Waals surface area contributed by atoms with Gasteiger partial charge < -0.3 is 41.4 Å². The first-order valence-electron chi connectivity index (χ1n) is 19.9. The summed E-state index contributed by atoms with van der Waals surface area (Å²) in [5, 5.41) is 27.1. The third-order valence-corrected chi connectivity index (χ3v) is 9.20. The highest BCUT2D eigenvalue weighted by Crippen LogP contribution is 2.27. The Labute approximate surface area is 425 Å². The van der Waals surface area contributed by atoms with Crippen molar-refractivity contribution in [1.29, 1.82) is 5.26 Å². The molecule has 6 aromatic rings. The van der Waals surface area contributed by atoms with Gasteiger partial charge in [-0.3, -0.25) is 19.2 Å². The number of hydrazine groups is 1. The molecule has 0 spiro atoms. The maximum Gasteiger partial charge on any atom is 0.255 e. The summed E-state index contributed by atoms with van der Waals surface area (Å²) < 4.78 is 11.1. The highest BCUT2D eigenvalue weighted by Gasteiger charge is 2.15. The quantitative estimate of drug-likeness (QED) is 0.0402. The number of hydrogen-bond acceptors (Lipinski definition) is 10. The van der Waals surface area contributed by atoms with Gasteiger partial charge in [-0.25, -0.2) is 0 Å². The fraction of sp³-hybridized carbons (Fsp3) is 0.259. The number of amides is 3. The topological polar surface area (TPSA) is 191 Å². The van der Waals surface area contributed by atoms with Crippen LogP contribution >= 0.6 is 0 Å². The zero-order valence-corrected chi connectivity index (χ0v) is 35.3. The van der Waals surface area contributed by atoms with E-state index < -0.39 is 11.8 Å². The van der Waals surface area contributed by atoms with E-state index >= 15 is 0 Å². The molecule has 13 heteroatoms. The predicted octanol–water partition coefficient (Wildman–Crippen LogP) is 15.6. The minimum Gasteiger partial charge on any atom is -0.508 e. The van der Waals surface area contributed by atoms with Crippen LogP contribution in [0.1, 0.15) is 133 Å². The zero-order valence-electron chi connectivity index (χ0n) is 35.3. The predicted molar refractivity (Wildman–Crippen MR) is 299 cm³/mol. The summed E-state index contributed by atoms with van der Waals surface area (Å²) in [6.07, 6.45) is 5.70. The van der Waals surface area contributed by atoms with Crippen molar-refractivity contribution in [2.45, 2.75) is 93.0 Å². The van der Waals surface area contributed by atoms with Crippen molar-refractivity contribution in [2.75, 3.05) is 28.5 Å². The van der Waals surface area contributed by atoms with E-state index in [1.165, 1.54) is 37.8 Å². The van der Waals surface area contributed by atoms with Gasteiger partial charge in [-0.05, 0) is 125 Å². The molecular formula is C58H80N6O7. The number of benzene rings is 6. The third-order valence-electron chi connectivity index (χ3n) is 9.20. The maximum atomic E-state index is 13.0. The fourth-order valence-corrected chi connectivity index (χ4v) is 5.76. The first kappa shape index (κ1) is 69.2. The largest absolute Gasteiger partial charge is 0.508 e. The van der Waals surface area contributed by atoms with Gasteiger partial charge in [0.1, 0.15) is 23.0 Å². The number of methoxy groups -OCH3 is 1. The molecule has 6 rings (SSSR count). The Morgan fingerprint density at radius 2 is 1.07 bits per heavy atom. The van der Waals surface area contributed by atoms with Crippen molar-refractivity contribution < 1.29 is 33.8 Å². The second-order valence-corrected chi connectivity index (χ2v) is 14.3. The summed E-state index contributed by atoms with van der Waals surface area (Å²) in [6.45, 7) is 5.44. The van der Waals surface area contributed by atoms with Crippen molar-refractivity contribution >= 4 is 46.3 Å². The number of phenolic OH excluding ortho intramolecular Hbond substituents is 1. The van der Waals surface area contributed by atoms with Crippen LogP contribution in [-0.2, 0) is 0 Å². The summed E-state index contributed by atoms with van der Waals surface area (Å²) in [5.41, 5.74) is 10.8. The lowest BCUT2D eigenvalue weighted by atomic mass is 10.1. The number of carbonyl (C=O) groups is 4. The van der Waals surface area contributed by atoms with Gasteiger partial charge in [0.05, 0.1) is 18.9 Å². The molecule has 0 heterocycles. The molecule has 384 valence electrons. The molecule has 0 aromatic heterocycles. The number of hydrogen-bond donors (Lipinski definition) is 6. The number of allylic oxidation sites excluding steroid dienone is 1. The van der Waals surface area contributed by atoms with Gasteiger partial charge in [0.25, 0.3) is 17.7 Å². The molecule has 6 N–H and O–H groups in total. The highest BCUT2D eigenvalue weighted by atomic mass is 16.5. The highest BCUT2D eigenvalue weighted by molar-refractivity contribution is 6.09. The summed E-state index contributed by atoms with van der Waals surface area (Å²) in [4.78, 5) is 50.2. The molecule has 0 saturated heterocycles. The molecular weight excluding hydrogens is 893 g/mol. The number of nitriles is 1. The smallest absolute Gasteiger partial charge is 0.255 e. The Morgan fingerprint density at radius 1 is 0.592 bits per heavy atom. The van der Waals surface area contributed by atoms with E-state index in [1.54, 1.807) is 97.1 Å². The van der Waals surface area contributed by atoms with Gasteiger partial charge in [-0.15, -0.1) is 0 Å². The number of ketones is 1. The molecule has 0 fully saturated rings. The first-order chi connectivity index (χ1) is 30.4. The van der Waals surface area contributed by atoms with Gasteiger partial charge >= 0.3 is 0 Å². The van der Waals surface area contributed by atoms with Crippen LogP contribution in [0.2, 0.25) is 0 Å². The summed E-state index contributed by atoms with van der Waals surface area (Å²) in [7, 11) is 1.52. The second kappa shape index (κ2) is 34.8. The van der Waals surface area contributed by atoms with Crippen molar-refractivity contribution in [3.8, 4) is 29.1 Å². The minimum atomic E-state index is -0.530. The number of aromatic hydroxyl groups is 1. The van der Waals surface area contributed by atoms with Crippen LogP contribution in [0.5, 0.6) is 23.0 Å². The minimum absolute atomic E-state index is 0. The molecule has 0 bridgehead atoms. The average molecular weight is 973 g/mol. The van der Waals surface area contributed by atoms with Gasteiger partial charge in [0.2, 0.25) is 0 Å². The van der Waals surface area contributed by atoms with Crippen LogP contribution in [0, 0.1) is 24.2 Å². The maximum absolute atomic E-state index is 13.0. The van der Waals surface area contributed by atoms with Crippen LogP contribution in [0.25, 0.3) is 0 Å². The normalized spacial score (nSPS) is 9.62. The molecule has 13 nitrogen and oxygen atoms in total. The average Bonchev–Trinajstić information content (AvgIpc) is 3.29. The number of ether oxygens (including phenoxy) is 2. The van der Waals surface area contributed by atoms with E-state index in [2.05, 4.69) is 51.9 Å². The molecule has 0 aliphatic heterocycles. The molecule has 0 saturated carbocycles. The van der Waals surface area contributed by atoms with Crippen molar-refractivity contribution in [1.82, 2.24) is 5.43 Å². The van der Waals surface area contributed by atoms with Gasteiger partial charge in [0, 0.05) is 63.6 Å². The van der Waals surface area contributed by atoms with Crippen molar-refractivity contribution in [3.63, 3.8) is 0 Å².